The molecule has 0 bridgehead atoms. The Kier molecular flexibility index (Phi) is 8.13. The molecule has 0 aliphatic rings. The van der Waals surface area contributed by atoms with Gasteiger partial charge in [0.2, 0.25) is 0 Å². The summed E-state index contributed by atoms with van der Waals surface area (Å²) in [5.74, 6) is 1.76. The molecule has 1 atom stereocenters. The molecule has 0 saturated heterocycles. The summed E-state index contributed by atoms with van der Waals surface area (Å²) in [6.45, 7) is 16.4. The summed E-state index contributed by atoms with van der Waals surface area (Å²) in [6, 6.07) is 0.699. The molecule has 92 valence electrons. The average molecular weight is 213 g/mol. The van der Waals surface area contributed by atoms with E-state index < -0.39 is 0 Å². The van der Waals surface area contributed by atoms with Crippen LogP contribution < -0.4 is 0 Å². The first-order chi connectivity index (χ1) is 7.02. The van der Waals surface area contributed by atoms with Crippen LogP contribution in [0.25, 0.3) is 0 Å². The van der Waals surface area contributed by atoms with Crippen LogP contribution >= 0.6 is 0 Å². The topological polar surface area (TPSA) is 3.24 Å². The minimum Gasteiger partial charge on any atom is -0.301 e. The number of hydrogen-bond acceptors (Lipinski definition) is 1. The van der Waals surface area contributed by atoms with Crippen LogP contribution in [-0.4, -0.2) is 24.0 Å². The van der Waals surface area contributed by atoms with E-state index in [9.17, 15) is 0 Å². The summed E-state index contributed by atoms with van der Waals surface area (Å²) in [5, 5.41) is 0. The van der Waals surface area contributed by atoms with Gasteiger partial charge in [-0.25, -0.2) is 0 Å². The van der Waals surface area contributed by atoms with Crippen molar-refractivity contribution in [3.8, 4) is 0 Å². The molecule has 0 saturated carbocycles. The molecule has 0 radical (unpaired) electrons. The first kappa shape index (κ1) is 15.0. The van der Waals surface area contributed by atoms with E-state index in [4.69, 9.17) is 0 Å². The van der Waals surface area contributed by atoms with Crippen molar-refractivity contribution in [2.24, 2.45) is 11.8 Å². The quantitative estimate of drug-likeness (QED) is 0.584. The molecule has 0 aromatic carbocycles. The maximum absolute atomic E-state index is 2.57. The monoisotopic (exact) mass is 213 g/mol. The third kappa shape index (κ3) is 6.19. The van der Waals surface area contributed by atoms with E-state index in [0.29, 0.717) is 6.04 Å². The van der Waals surface area contributed by atoms with Gasteiger partial charge in [0.1, 0.15) is 0 Å². The second-order valence-electron chi connectivity index (χ2n) is 5.30. The smallest absolute Gasteiger partial charge is 0.00384 e. The van der Waals surface area contributed by atoms with Crippen LogP contribution in [0.3, 0.4) is 0 Å². The normalized spacial score (nSPS) is 14.2. The minimum absolute atomic E-state index is 0.699. The standard InChI is InChI=1S/C14H31N/c1-7-9-14(12(3)4)10-11-15(8-2)13(5)6/h12-14H,7-11H2,1-6H3. The highest BCUT2D eigenvalue weighted by Crippen LogP contribution is 2.21. The molecule has 0 rings (SSSR count). The van der Waals surface area contributed by atoms with Crippen molar-refractivity contribution in [3.63, 3.8) is 0 Å². The fraction of sp³-hybridized carbons (Fsp3) is 1.00. The lowest BCUT2D eigenvalue weighted by atomic mass is 9.88. The third-order valence-electron chi connectivity index (χ3n) is 3.53. The van der Waals surface area contributed by atoms with Gasteiger partial charge in [0, 0.05) is 6.04 Å². The first-order valence-corrected chi connectivity index (χ1v) is 6.76. The van der Waals surface area contributed by atoms with Crippen LogP contribution in [0, 0.1) is 11.8 Å². The fourth-order valence-electron chi connectivity index (χ4n) is 2.29. The lowest BCUT2D eigenvalue weighted by molar-refractivity contribution is 0.198. The van der Waals surface area contributed by atoms with Crippen molar-refractivity contribution in [1.82, 2.24) is 4.90 Å². The molecule has 0 aliphatic heterocycles. The molecule has 1 nitrogen and oxygen atoms in total. The van der Waals surface area contributed by atoms with Gasteiger partial charge in [-0.1, -0.05) is 40.5 Å². The summed E-state index contributed by atoms with van der Waals surface area (Å²) in [4.78, 5) is 2.57. The first-order valence-electron chi connectivity index (χ1n) is 6.76. The zero-order chi connectivity index (χ0) is 11.8. The Balaban J connectivity index is 3.96. The molecule has 0 spiro atoms. The Morgan fingerprint density at radius 1 is 0.933 bits per heavy atom. The summed E-state index contributed by atoms with van der Waals surface area (Å²) in [6.07, 6.45) is 4.10. The molecule has 1 heteroatoms. The van der Waals surface area contributed by atoms with Gasteiger partial charge in [0.25, 0.3) is 0 Å². The van der Waals surface area contributed by atoms with E-state index >= 15 is 0 Å². The summed E-state index contributed by atoms with van der Waals surface area (Å²) in [5.41, 5.74) is 0. The summed E-state index contributed by atoms with van der Waals surface area (Å²) >= 11 is 0. The van der Waals surface area contributed by atoms with Gasteiger partial charge in [-0.2, -0.15) is 0 Å². The molecule has 0 aromatic rings. The van der Waals surface area contributed by atoms with Crippen molar-refractivity contribution >= 4 is 0 Å². The zero-order valence-corrected chi connectivity index (χ0v) is 11.7. The van der Waals surface area contributed by atoms with Crippen LogP contribution in [0.15, 0.2) is 0 Å². The lowest BCUT2D eigenvalue weighted by Crippen LogP contribution is -2.33. The molecular formula is C14H31N. The molecule has 15 heavy (non-hydrogen) atoms. The van der Waals surface area contributed by atoms with Crippen molar-refractivity contribution in [1.29, 1.82) is 0 Å². The van der Waals surface area contributed by atoms with Gasteiger partial charge in [0.15, 0.2) is 0 Å². The van der Waals surface area contributed by atoms with E-state index in [1.165, 1.54) is 32.4 Å². The SMILES string of the molecule is CCCC(CCN(CC)C(C)C)C(C)C. The van der Waals surface area contributed by atoms with Crippen LogP contribution in [0.2, 0.25) is 0 Å². The second-order valence-corrected chi connectivity index (χ2v) is 5.30. The van der Waals surface area contributed by atoms with Gasteiger partial charge >= 0.3 is 0 Å². The highest BCUT2D eigenvalue weighted by atomic mass is 15.1. The third-order valence-corrected chi connectivity index (χ3v) is 3.53. The van der Waals surface area contributed by atoms with E-state index in [1.807, 2.05) is 0 Å². The maximum Gasteiger partial charge on any atom is 0.00384 e. The fourth-order valence-corrected chi connectivity index (χ4v) is 2.29. The number of hydrogen-bond donors (Lipinski definition) is 0. The van der Waals surface area contributed by atoms with Crippen molar-refractivity contribution in [2.45, 2.75) is 66.8 Å². The molecule has 0 N–H and O–H groups in total. The highest BCUT2D eigenvalue weighted by molar-refractivity contribution is 4.67. The average Bonchev–Trinajstić information content (AvgIpc) is 2.16. The predicted octanol–water partition coefficient (Wildman–Crippen LogP) is 4.18. The Bertz CT molecular complexity index is 140. The molecule has 0 fully saturated rings. The second kappa shape index (κ2) is 8.15. The Hall–Kier alpha value is -0.0400. The Labute approximate surface area is 97.2 Å². The van der Waals surface area contributed by atoms with Gasteiger partial charge < -0.3 is 4.90 Å². The Morgan fingerprint density at radius 2 is 1.53 bits per heavy atom. The molecule has 0 aliphatic carbocycles. The molecular weight excluding hydrogens is 182 g/mol. The Morgan fingerprint density at radius 3 is 1.87 bits per heavy atom. The molecule has 0 aromatic heterocycles. The van der Waals surface area contributed by atoms with Gasteiger partial charge in [-0.05, 0) is 45.2 Å². The number of nitrogens with zero attached hydrogens (tertiary/aromatic N) is 1. The van der Waals surface area contributed by atoms with E-state index in [1.54, 1.807) is 0 Å². The molecule has 0 amide bonds. The number of rotatable bonds is 8. The lowest BCUT2D eigenvalue weighted by Gasteiger charge is -2.28. The minimum atomic E-state index is 0.699. The largest absolute Gasteiger partial charge is 0.301 e. The van der Waals surface area contributed by atoms with Gasteiger partial charge in [-0.15, -0.1) is 0 Å². The maximum atomic E-state index is 2.57. The van der Waals surface area contributed by atoms with Crippen LogP contribution in [0.4, 0.5) is 0 Å². The van der Waals surface area contributed by atoms with Crippen molar-refractivity contribution in [3.05, 3.63) is 0 Å². The molecule has 0 heterocycles. The van der Waals surface area contributed by atoms with Crippen molar-refractivity contribution in [2.75, 3.05) is 13.1 Å². The van der Waals surface area contributed by atoms with E-state index in [2.05, 4.69) is 46.4 Å². The van der Waals surface area contributed by atoms with Crippen LogP contribution in [-0.2, 0) is 0 Å². The van der Waals surface area contributed by atoms with E-state index in [0.717, 1.165) is 11.8 Å². The molecule has 1 unspecified atom stereocenters. The van der Waals surface area contributed by atoms with Crippen LogP contribution in [0.1, 0.15) is 60.8 Å². The highest BCUT2D eigenvalue weighted by Gasteiger charge is 2.14. The zero-order valence-electron chi connectivity index (χ0n) is 11.7. The van der Waals surface area contributed by atoms with Gasteiger partial charge in [0.05, 0.1) is 0 Å². The summed E-state index contributed by atoms with van der Waals surface area (Å²) < 4.78 is 0. The van der Waals surface area contributed by atoms with Gasteiger partial charge in [-0.3, -0.25) is 0 Å². The van der Waals surface area contributed by atoms with E-state index in [-0.39, 0.29) is 0 Å². The summed E-state index contributed by atoms with van der Waals surface area (Å²) in [7, 11) is 0. The van der Waals surface area contributed by atoms with Crippen LogP contribution in [0.5, 0.6) is 0 Å². The van der Waals surface area contributed by atoms with Crippen molar-refractivity contribution < 1.29 is 0 Å². The predicted molar refractivity (Wildman–Crippen MR) is 70.2 cm³/mol.